The fourth-order valence-electron chi connectivity index (χ4n) is 3.72. The van der Waals surface area contributed by atoms with Gasteiger partial charge in [0.2, 0.25) is 0 Å². The summed E-state index contributed by atoms with van der Waals surface area (Å²) in [7, 11) is 1.69. The van der Waals surface area contributed by atoms with Crippen LogP contribution >= 0.6 is 0 Å². The fourth-order valence-corrected chi connectivity index (χ4v) is 3.72. The number of hydrogen-bond acceptors (Lipinski definition) is 3. The van der Waals surface area contributed by atoms with Crippen molar-refractivity contribution in [1.82, 2.24) is 4.98 Å². The van der Waals surface area contributed by atoms with Gasteiger partial charge in [0.1, 0.15) is 5.75 Å². The Bertz CT molecular complexity index is 524. The average molecular weight is 291 g/mol. The van der Waals surface area contributed by atoms with Gasteiger partial charge in [-0.05, 0) is 44.4 Å². The van der Waals surface area contributed by atoms with E-state index in [4.69, 9.17) is 4.74 Å². The van der Waals surface area contributed by atoms with Gasteiger partial charge in [-0.3, -0.25) is 4.98 Å². The van der Waals surface area contributed by atoms with E-state index in [1.165, 1.54) is 0 Å². The number of ether oxygens (including phenoxy) is 1. The molecule has 0 radical (unpaired) electrons. The molecule has 0 aromatic carbocycles. The summed E-state index contributed by atoms with van der Waals surface area (Å²) in [5.74, 6) is 1.18. The molecule has 1 aromatic rings. The third kappa shape index (κ3) is 3.23. The van der Waals surface area contributed by atoms with Crippen molar-refractivity contribution in [3.8, 4) is 5.75 Å². The maximum absolute atomic E-state index is 11.1. The second kappa shape index (κ2) is 5.60. The quantitative estimate of drug-likeness (QED) is 0.920. The molecule has 1 aromatic heterocycles. The molecule has 1 saturated carbocycles. The van der Waals surface area contributed by atoms with Gasteiger partial charge in [0, 0.05) is 29.4 Å². The van der Waals surface area contributed by atoms with Crippen LogP contribution in [0.2, 0.25) is 0 Å². The number of rotatable bonds is 3. The highest BCUT2D eigenvalue weighted by Gasteiger charge is 2.42. The molecule has 0 amide bonds. The normalized spacial score (nSPS) is 28.4. The van der Waals surface area contributed by atoms with Crippen molar-refractivity contribution in [1.29, 1.82) is 0 Å². The predicted octanol–water partition coefficient (Wildman–Crippen LogP) is 3.83. The molecule has 3 heteroatoms. The Hall–Kier alpha value is -1.09. The molecule has 0 aliphatic heterocycles. The van der Waals surface area contributed by atoms with Crippen molar-refractivity contribution in [3.05, 3.63) is 23.0 Å². The zero-order chi connectivity index (χ0) is 15.8. The van der Waals surface area contributed by atoms with Gasteiger partial charge < -0.3 is 9.84 Å². The first-order valence-corrected chi connectivity index (χ1v) is 7.90. The third-order valence-corrected chi connectivity index (χ3v) is 5.23. The summed E-state index contributed by atoms with van der Waals surface area (Å²) in [4.78, 5) is 4.56. The molecule has 1 aliphatic carbocycles. The van der Waals surface area contributed by atoms with Crippen LogP contribution in [-0.2, 0) is 6.42 Å². The van der Waals surface area contributed by atoms with Gasteiger partial charge in [0.25, 0.3) is 0 Å². The van der Waals surface area contributed by atoms with E-state index < -0.39 is 5.60 Å². The van der Waals surface area contributed by atoms with Crippen molar-refractivity contribution in [2.24, 2.45) is 11.3 Å². The molecule has 1 N–H and O–H groups in total. The fraction of sp³-hybridized carbons (Fsp3) is 0.722. The van der Waals surface area contributed by atoms with Gasteiger partial charge >= 0.3 is 0 Å². The summed E-state index contributed by atoms with van der Waals surface area (Å²) in [5.41, 5.74) is 2.75. The average Bonchev–Trinajstić information content (AvgIpc) is 2.39. The molecule has 21 heavy (non-hydrogen) atoms. The highest BCUT2D eigenvalue weighted by molar-refractivity contribution is 5.41. The van der Waals surface area contributed by atoms with Crippen LogP contribution in [0.5, 0.6) is 5.75 Å². The largest absolute Gasteiger partial charge is 0.496 e. The van der Waals surface area contributed by atoms with E-state index >= 15 is 0 Å². The van der Waals surface area contributed by atoms with E-state index in [0.29, 0.717) is 11.8 Å². The summed E-state index contributed by atoms with van der Waals surface area (Å²) in [6, 6.07) is 0. The summed E-state index contributed by atoms with van der Waals surface area (Å²) in [6.07, 6.45) is 5.44. The first kappa shape index (κ1) is 16.3. The number of aryl methyl sites for hydroxylation is 1. The molecule has 0 bridgehead atoms. The molecular weight excluding hydrogens is 262 g/mol. The van der Waals surface area contributed by atoms with Gasteiger partial charge in [0.15, 0.2) is 0 Å². The second-order valence-corrected chi connectivity index (χ2v) is 7.60. The van der Waals surface area contributed by atoms with Crippen molar-refractivity contribution < 1.29 is 9.84 Å². The zero-order valence-corrected chi connectivity index (χ0v) is 14.3. The van der Waals surface area contributed by atoms with E-state index in [-0.39, 0.29) is 5.92 Å². The topological polar surface area (TPSA) is 42.4 Å². The smallest absolute Gasteiger partial charge is 0.128 e. The third-order valence-electron chi connectivity index (χ3n) is 5.23. The summed E-state index contributed by atoms with van der Waals surface area (Å²) in [6.45, 7) is 10.8. The lowest BCUT2D eigenvalue weighted by Gasteiger charge is -2.45. The molecule has 0 spiro atoms. The molecule has 1 aliphatic rings. The first-order valence-electron chi connectivity index (χ1n) is 7.90. The SMILES string of the molecule is COc1c(C)cnc(CC2(O)CCC(C)(C)CC2C)c1C. The lowest BCUT2D eigenvalue weighted by atomic mass is 9.64. The van der Waals surface area contributed by atoms with Crippen LogP contribution in [0.25, 0.3) is 0 Å². The predicted molar refractivity (Wildman–Crippen MR) is 85.7 cm³/mol. The van der Waals surface area contributed by atoms with E-state index in [1.807, 2.05) is 20.0 Å². The molecule has 118 valence electrons. The van der Waals surface area contributed by atoms with E-state index in [9.17, 15) is 5.11 Å². The lowest BCUT2D eigenvalue weighted by Crippen LogP contribution is -2.46. The second-order valence-electron chi connectivity index (χ2n) is 7.60. The summed E-state index contributed by atoms with van der Waals surface area (Å²) >= 11 is 0. The van der Waals surface area contributed by atoms with Crippen molar-refractivity contribution >= 4 is 0 Å². The minimum Gasteiger partial charge on any atom is -0.496 e. The maximum Gasteiger partial charge on any atom is 0.128 e. The van der Waals surface area contributed by atoms with Crippen molar-refractivity contribution in [3.63, 3.8) is 0 Å². The van der Waals surface area contributed by atoms with Gasteiger partial charge in [0.05, 0.1) is 12.7 Å². The monoisotopic (exact) mass is 291 g/mol. The van der Waals surface area contributed by atoms with Crippen LogP contribution in [-0.4, -0.2) is 22.8 Å². The number of aromatic nitrogens is 1. The minimum absolute atomic E-state index is 0.287. The van der Waals surface area contributed by atoms with Crippen molar-refractivity contribution in [2.45, 2.75) is 65.9 Å². The summed E-state index contributed by atoms with van der Waals surface area (Å²) < 4.78 is 5.48. The van der Waals surface area contributed by atoms with Gasteiger partial charge in [-0.1, -0.05) is 20.8 Å². The van der Waals surface area contributed by atoms with Crippen LogP contribution in [0.1, 0.15) is 56.9 Å². The molecule has 2 unspecified atom stereocenters. The Morgan fingerprint density at radius 2 is 2.00 bits per heavy atom. The van der Waals surface area contributed by atoms with Crippen molar-refractivity contribution in [2.75, 3.05) is 7.11 Å². The zero-order valence-electron chi connectivity index (χ0n) is 14.3. The number of aliphatic hydroxyl groups is 1. The Morgan fingerprint density at radius 3 is 2.57 bits per heavy atom. The van der Waals surface area contributed by atoms with Gasteiger partial charge in [-0.15, -0.1) is 0 Å². The Labute approximate surface area is 128 Å². The number of pyridine rings is 1. The van der Waals surface area contributed by atoms with E-state index in [1.54, 1.807) is 7.11 Å². The molecule has 1 fully saturated rings. The first-order chi connectivity index (χ1) is 9.68. The number of hydrogen-bond donors (Lipinski definition) is 1. The molecule has 3 nitrogen and oxygen atoms in total. The van der Waals surface area contributed by atoms with E-state index in [0.717, 1.165) is 41.8 Å². The van der Waals surface area contributed by atoms with E-state index in [2.05, 4.69) is 25.8 Å². The molecule has 1 heterocycles. The maximum atomic E-state index is 11.1. The Morgan fingerprint density at radius 1 is 1.33 bits per heavy atom. The van der Waals surface area contributed by atoms with Gasteiger partial charge in [-0.2, -0.15) is 0 Å². The molecule has 2 rings (SSSR count). The number of methoxy groups -OCH3 is 1. The Balaban J connectivity index is 2.26. The highest BCUT2D eigenvalue weighted by Crippen LogP contribution is 2.45. The standard InChI is InChI=1S/C18H29NO2/c1-12-11-19-15(14(3)16(12)21-6)10-18(20)8-7-17(4,5)9-13(18)2/h11,13,20H,7-10H2,1-6H3. The van der Waals surface area contributed by atoms with Crippen LogP contribution in [0.3, 0.4) is 0 Å². The molecule has 2 atom stereocenters. The Kier molecular flexibility index (Phi) is 4.34. The number of nitrogens with zero attached hydrogens (tertiary/aromatic N) is 1. The van der Waals surface area contributed by atoms with Crippen LogP contribution in [0.15, 0.2) is 6.20 Å². The van der Waals surface area contributed by atoms with Crippen LogP contribution < -0.4 is 4.74 Å². The highest BCUT2D eigenvalue weighted by atomic mass is 16.5. The minimum atomic E-state index is -0.645. The van der Waals surface area contributed by atoms with Gasteiger partial charge in [-0.25, -0.2) is 0 Å². The summed E-state index contributed by atoms with van der Waals surface area (Å²) in [5, 5.41) is 11.1. The molecular formula is C18H29NO2. The van der Waals surface area contributed by atoms with Crippen LogP contribution in [0.4, 0.5) is 0 Å². The lowest BCUT2D eigenvalue weighted by molar-refractivity contribution is -0.0711. The molecule has 0 saturated heterocycles. The van der Waals surface area contributed by atoms with Crippen LogP contribution in [0, 0.1) is 25.2 Å².